The fourth-order valence-corrected chi connectivity index (χ4v) is 2.01. The molecule has 1 nitrogen and oxygen atoms in total. The van der Waals surface area contributed by atoms with Crippen molar-refractivity contribution in [3.8, 4) is 0 Å². The number of nitrogens with zero attached hydrogens (tertiary/aromatic N) is 1. The fourth-order valence-electron chi connectivity index (χ4n) is 2.01. The second kappa shape index (κ2) is 9.55. The van der Waals surface area contributed by atoms with Crippen LogP contribution in [0.2, 0.25) is 0 Å². The van der Waals surface area contributed by atoms with Gasteiger partial charge in [0.25, 0.3) is 0 Å². The zero-order valence-electron chi connectivity index (χ0n) is 12.6. The number of hydrogen-bond acceptors (Lipinski definition) is 1. The Balaban J connectivity index is 2.46. The van der Waals surface area contributed by atoms with Crippen LogP contribution in [-0.4, -0.2) is 6.21 Å². The second-order valence-corrected chi connectivity index (χ2v) is 5.12. The van der Waals surface area contributed by atoms with E-state index >= 15 is 0 Å². The summed E-state index contributed by atoms with van der Waals surface area (Å²) in [6.07, 6.45) is 10.4. The average molecular weight is 257 g/mol. The first-order valence-corrected chi connectivity index (χ1v) is 7.51. The molecule has 0 N–H and O–H groups in total. The SMILES string of the molecule is CCCCC(C=N/C(C)=C/Cc1ccccc1)CC. The summed E-state index contributed by atoms with van der Waals surface area (Å²) >= 11 is 0. The summed E-state index contributed by atoms with van der Waals surface area (Å²) in [7, 11) is 0. The van der Waals surface area contributed by atoms with E-state index < -0.39 is 0 Å². The minimum absolute atomic E-state index is 0.639. The molecule has 0 spiro atoms. The third-order valence-corrected chi connectivity index (χ3v) is 3.42. The van der Waals surface area contributed by atoms with Crippen LogP contribution < -0.4 is 0 Å². The van der Waals surface area contributed by atoms with Gasteiger partial charge in [-0.3, -0.25) is 4.99 Å². The molecule has 0 heterocycles. The van der Waals surface area contributed by atoms with E-state index in [1.165, 1.54) is 31.2 Å². The molecule has 0 fully saturated rings. The van der Waals surface area contributed by atoms with E-state index in [-0.39, 0.29) is 0 Å². The highest BCUT2D eigenvalue weighted by Crippen LogP contribution is 2.11. The smallest absolute Gasteiger partial charge is 0.0332 e. The second-order valence-electron chi connectivity index (χ2n) is 5.12. The molecule has 0 aliphatic heterocycles. The van der Waals surface area contributed by atoms with Crippen molar-refractivity contribution in [2.24, 2.45) is 10.9 Å². The molecule has 0 bridgehead atoms. The van der Waals surface area contributed by atoms with Gasteiger partial charge in [-0.15, -0.1) is 0 Å². The highest BCUT2D eigenvalue weighted by atomic mass is 14.7. The largest absolute Gasteiger partial charge is 0.266 e. The van der Waals surface area contributed by atoms with Crippen molar-refractivity contribution >= 4 is 6.21 Å². The van der Waals surface area contributed by atoms with E-state index in [1.807, 2.05) is 0 Å². The minimum atomic E-state index is 0.639. The van der Waals surface area contributed by atoms with Crippen LogP contribution >= 0.6 is 0 Å². The van der Waals surface area contributed by atoms with Gasteiger partial charge < -0.3 is 0 Å². The molecule has 19 heavy (non-hydrogen) atoms. The Bertz CT molecular complexity index is 389. The van der Waals surface area contributed by atoms with Gasteiger partial charge in [-0.05, 0) is 37.7 Å². The van der Waals surface area contributed by atoms with Gasteiger partial charge in [0, 0.05) is 11.9 Å². The van der Waals surface area contributed by atoms with Gasteiger partial charge in [-0.2, -0.15) is 0 Å². The topological polar surface area (TPSA) is 12.4 Å². The third-order valence-electron chi connectivity index (χ3n) is 3.42. The van der Waals surface area contributed by atoms with Crippen molar-refractivity contribution in [3.05, 3.63) is 47.7 Å². The van der Waals surface area contributed by atoms with Crippen LogP contribution in [-0.2, 0) is 6.42 Å². The number of allylic oxidation sites excluding steroid dienone is 2. The summed E-state index contributed by atoms with van der Waals surface area (Å²) in [5.74, 6) is 0.639. The molecule has 104 valence electrons. The van der Waals surface area contributed by atoms with E-state index in [0.717, 1.165) is 12.1 Å². The van der Waals surface area contributed by atoms with Gasteiger partial charge >= 0.3 is 0 Å². The predicted molar refractivity (Wildman–Crippen MR) is 85.7 cm³/mol. The predicted octanol–water partition coefficient (Wildman–Crippen LogP) is 5.42. The lowest BCUT2D eigenvalue weighted by Gasteiger charge is -2.07. The standard InChI is InChI=1S/C18H27N/c1-4-6-10-17(5-2)15-19-16(3)13-14-18-11-8-7-9-12-18/h7-9,11-13,15,17H,4-6,10,14H2,1-3H3/b16-13+,19-15?. The van der Waals surface area contributed by atoms with Crippen LogP contribution in [0.4, 0.5) is 0 Å². The highest BCUT2D eigenvalue weighted by Gasteiger charge is 2.01. The first-order chi connectivity index (χ1) is 9.26. The molecule has 0 amide bonds. The van der Waals surface area contributed by atoms with Crippen LogP contribution in [0, 0.1) is 5.92 Å². The van der Waals surface area contributed by atoms with Gasteiger partial charge in [-0.25, -0.2) is 0 Å². The van der Waals surface area contributed by atoms with Gasteiger partial charge in [-0.1, -0.05) is 63.1 Å². The zero-order valence-corrected chi connectivity index (χ0v) is 12.6. The van der Waals surface area contributed by atoms with Gasteiger partial charge in [0.05, 0.1) is 0 Å². The molecule has 0 aromatic heterocycles. The van der Waals surface area contributed by atoms with Crippen LogP contribution in [0.15, 0.2) is 47.1 Å². The molecule has 1 aromatic rings. The number of hydrogen-bond donors (Lipinski definition) is 0. The van der Waals surface area contributed by atoms with Crippen LogP contribution in [0.3, 0.4) is 0 Å². The average Bonchev–Trinajstić information content (AvgIpc) is 2.46. The zero-order chi connectivity index (χ0) is 13.9. The molecule has 0 saturated heterocycles. The number of aliphatic imine (C=N–C) groups is 1. The molecule has 1 unspecified atom stereocenters. The van der Waals surface area contributed by atoms with E-state index in [1.54, 1.807) is 0 Å². The van der Waals surface area contributed by atoms with Gasteiger partial charge in [0.1, 0.15) is 0 Å². The Hall–Kier alpha value is -1.37. The van der Waals surface area contributed by atoms with Crippen LogP contribution in [0.1, 0.15) is 52.0 Å². The molecule has 0 aliphatic rings. The van der Waals surface area contributed by atoms with Crippen molar-refractivity contribution < 1.29 is 0 Å². The van der Waals surface area contributed by atoms with Crippen molar-refractivity contribution in [3.63, 3.8) is 0 Å². The lowest BCUT2D eigenvalue weighted by molar-refractivity contribution is 0.576. The van der Waals surface area contributed by atoms with Crippen LogP contribution in [0.25, 0.3) is 0 Å². The Kier molecular flexibility index (Phi) is 7.88. The number of rotatable bonds is 8. The molecule has 1 heteroatoms. The van der Waals surface area contributed by atoms with Gasteiger partial charge in [0.15, 0.2) is 0 Å². The summed E-state index contributed by atoms with van der Waals surface area (Å²) in [5.41, 5.74) is 2.47. The van der Waals surface area contributed by atoms with Crippen molar-refractivity contribution in [1.82, 2.24) is 0 Å². The lowest BCUT2D eigenvalue weighted by atomic mass is 10.0. The maximum atomic E-state index is 4.60. The molecule has 1 rings (SSSR count). The molecular formula is C18H27N. The number of benzene rings is 1. The monoisotopic (exact) mass is 257 g/mol. The Morgan fingerprint density at radius 1 is 1.21 bits per heavy atom. The number of unbranched alkanes of at least 4 members (excludes halogenated alkanes) is 1. The Labute approximate surface area is 118 Å². The molecule has 0 aliphatic carbocycles. The normalized spacial score (nSPS) is 13.9. The summed E-state index contributed by atoms with van der Waals surface area (Å²) in [6, 6.07) is 10.5. The maximum absolute atomic E-state index is 4.60. The van der Waals surface area contributed by atoms with Crippen molar-refractivity contribution in [2.75, 3.05) is 0 Å². The Morgan fingerprint density at radius 3 is 2.58 bits per heavy atom. The van der Waals surface area contributed by atoms with E-state index in [9.17, 15) is 0 Å². The van der Waals surface area contributed by atoms with Crippen LogP contribution in [0.5, 0.6) is 0 Å². The quantitative estimate of drug-likeness (QED) is 0.551. The van der Waals surface area contributed by atoms with E-state index in [4.69, 9.17) is 0 Å². The maximum Gasteiger partial charge on any atom is 0.0332 e. The molecule has 1 atom stereocenters. The highest BCUT2D eigenvalue weighted by molar-refractivity contribution is 5.62. The summed E-state index contributed by atoms with van der Waals surface area (Å²) in [4.78, 5) is 4.60. The Morgan fingerprint density at radius 2 is 1.95 bits per heavy atom. The minimum Gasteiger partial charge on any atom is -0.266 e. The first-order valence-electron chi connectivity index (χ1n) is 7.51. The summed E-state index contributed by atoms with van der Waals surface area (Å²) < 4.78 is 0. The van der Waals surface area contributed by atoms with E-state index in [0.29, 0.717) is 5.92 Å². The van der Waals surface area contributed by atoms with Crippen molar-refractivity contribution in [1.29, 1.82) is 0 Å². The first kappa shape index (κ1) is 15.7. The molecule has 1 aromatic carbocycles. The molecular weight excluding hydrogens is 230 g/mol. The van der Waals surface area contributed by atoms with Gasteiger partial charge in [0.2, 0.25) is 0 Å². The lowest BCUT2D eigenvalue weighted by Crippen LogP contribution is -2.00. The summed E-state index contributed by atoms with van der Waals surface area (Å²) in [5, 5.41) is 0. The fraction of sp³-hybridized carbons (Fsp3) is 0.500. The molecule has 0 radical (unpaired) electrons. The molecule has 0 saturated carbocycles. The summed E-state index contributed by atoms with van der Waals surface area (Å²) in [6.45, 7) is 6.58. The van der Waals surface area contributed by atoms with Crippen molar-refractivity contribution in [2.45, 2.75) is 52.9 Å². The third kappa shape index (κ3) is 6.95. The van der Waals surface area contributed by atoms with E-state index in [2.05, 4.69) is 68.4 Å².